The lowest BCUT2D eigenvalue weighted by atomic mass is 10.1. The van der Waals surface area contributed by atoms with Crippen LogP contribution in [0.4, 0.5) is 0 Å². The zero-order valence-electron chi connectivity index (χ0n) is 10.0. The van der Waals surface area contributed by atoms with Gasteiger partial charge >= 0.3 is 0 Å². The fourth-order valence-electron chi connectivity index (χ4n) is 1.60. The molecule has 2 rings (SSSR count). The molecule has 3 nitrogen and oxygen atoms in total. The molecule has 1 aromatic carbocycles. The first-order valence-electron chi connectivity index (χ1n) is 5.57. The van der Waals surface area contributed by atoms with E-state index in [0.717, 1.165) is 17.0 Å². The van der Waals surface area contributed by atoms with Gasteiger partial charge in [0.1, 0.15) is 5.75 Å². The Kier molecular flexibility index (Phi) is 3.60. The lowest BCUT2D eigenvalue weighted by Gasteiger charge is -2.06. The molecule has 0 amide bonds. The van der Waals surface area contributed by atoms with E-state index in [-0.39, 0.29) is 0 Å². The fourth-order valence-corrected chi connectivity index (χ4v) is 1.60. The van der Waals surface area contributed by atoms with E-state index in [2.05, 4.69) is 4.98 Å². The average molecular weight is 229 g/mol. The molecule has 0 N–H and O–H groups in total. The van der Waals surface area contributed by atoms with Crippen LogP contribution >= 0.6 is 0 Å². The normalized spacial score (nSPS) is 10.0. The summed E-state index contributed by atoms with van der Waals surface area (Å²) in [6, 6.07) is 13.6. The largest absolute Gasteiger partial charge is 0.494 e. The maximum atomic E-state index is 5.47. The predicted molar refractivity (Wildman–Crippen MR) is 67.4 cm³/mol. The summed E-state index contributed by atoms with van der Waals surface area (Å²) in [6.07, 6.45) is 0. The second-order valence-electron chi connectivity index (χ2n) is 3.53. The zero-order chi connectivity index (χ0) is 12.1. The van der Waals surface area contributed by atoms with Crippen LogP contribution in [-0.2, 0) is 0 Å². The third-order valence-electron chi connectivity index (χ3n) is 2.37. The second kappa shape index (κ2) is 5.34. The van der Waals surface area contributed by atoms with E-state index in [1.54, 1.807) is 7.11 Å². The Morgan fingerprint density at radius 1 is 1.12 bits per heavy atom. The lowest BCUT2D eigenvalue weighted by Crippen LogP contribution is -1.92. The van der Waals surface area contributed by atoms with Crippen LogP contribution in [0.5, 0.6) is 11.6 Å². The van der Waals surface area contributed by atoms with Crippen LogP contribution in [0.3, 0.4) is 0 Å². The van der Waals surface area contributed by atoms with E-state index >= 15 is 0 Å². The molecule has 0 spiro atoms. The molecule has 0 unspecified atom stereocenters. The monoisotopic (exact) mass is 229 g/mol. The molecule has 0 aliphatic carbocycles. The molecule has 0 aliphatic rings. The van der Waals surface area contributed by atoms with Crippen molar-refractivity contribution in [2.75, 3.05) is 13.7 Å². The number of hydrogen-bond donors (Lipinski definition) is 0. The highest BCUT2D eigenvalue weighted by molar-refractivity contribution is 5.61. The highest BCUT2D eigenvalue weighted by atomic mass is 16.5. The van der Waals surface area contributed by atoms with Gasteiger partial charge in [-0.05, 0) is 25.1 Å². The number of nitrogens with zero attached hydrogens (tertiary/aromatic N) is 1. The first-order valence-corrected chi connectivity index (χ1v) is 5.57. The molecule has 0 bridgehead atoms. The number of rotatable bonds is 4. The summed E-state index contributed by atoms with van der Waals surface area (Å²) in [5.41, 5.74) is 1.90. The predicted octanol–water partition coefficient (Wildman–Crippen LogP) is 3.16. The van der Waals surface area contributed by atoms with Gasteiger partial charge in [0.15, 0.2) is 0 Å². The number of hydrogen-bond acceptors (Lipinski definition) is 3. The van der Waals surface area contributed by atoms with Crippen molar-refractivity contribution in [2.45, 2.75) is 6.92 Å². The van der Waals surface area contributed by atoms with Gasteiger partial charge in [0, 0.05) is 11.6 Å². The van der Waals surface area contributed by atoms with Gasteiger partial charge < -0.3 is 9.47 Å². The molecule has 3 heteroatoms. The number of ether oxygens (including phenoxy) is 2. The summed E-state index contributed by atoms with van der Waals surface area (Å²) >= 11 is 0. The Hall–Kier alpha value is -2.03. The summed E-state index contributed by atoms with van der Waals surface area (Å²) in [5, 5.41) is 0. The van der Waals surface area contributed by atoms with Crippen molar-refractivity contribution < 1.29 is 9.47 Å². The van der Waals surface area contributed by atoms with Gasteiger partial charge in [0.05, 0.1) is 19.4 Å². The Labute approximate surface area is 101 Å². The quantitative estimate of drug-likeness (QED) is 0.807. The van der Waals surface area contributed by atoms with E-state index in [0.29, 0.717) is 12.5 Å². The Morgan fingerprint density at radius 2 is 1.94 bits per heavy atom. The molecule has 0 atom stereocenters. The van der Waals surface area contributed by atoms with Crippen molar-refractivity contribution in [3.63, 3.8) is 0 Å². The summed E-state index contributed by atoms with van der Waals surface area (Å²) in [6.45, 7) is 2.63. The Bertz CT molecular complexity index is 497. The van der Waals surface area contributed by atoms with Gasteiger partial charge in [-0.3, -0.25) is 0 Å². The number of methoxy groups -OCH3 is 1. The van der Waals surface area contributed by atoms with Crippen molar-refractivity contribution in [1.29, 1.82) is 0 Å². The smallest absolute Gasteiger partial charge is 0.213 e. The van der Waals surface area contributed by atoms with E-state index in [1.807, 2.05) is 49.4 Å². The van der Waals surface area contributed by atoms with Crippen molar-refractivity contribution in [2.24, 2.45) is 0 Å². The molecular weight excluding hydrogens is 214 g/mol. The molecule has 1 heterocycles. The van der Waals surface area contributed by atoms with Gasteiger partial charge in [-0.2, -0.15) is 0 Å². The maximum absolute atomic E-state index is 5.47. The maximum Gasteiger partial charge on any atom is 0.213 e. The highest BCUT2D eigenvalue weighted by Crippen LogP contribution is 2.23. The van der Waals surface area contributed by atoms with Crippen LogP contribution in [0.15, 0.2) is 42.5 Å². The van der Waals surface area contributed by atoms with Crippen molar-refractivity contribution in [3.05, 3.63) is 42.5 Å². The van der Waals surface area contributed by atoms with E-state index in [1.165, 1.54) is 0 Å². The number of pyridine rings is 1. The third kappa shape index (κ3) is 2.75. The highest BCUT2D eigenvalue weighted by Gasteiger charge is 2.02. The van der Waals surface area contributed by atoms with E-state index in [4.69, 9.17) is 9.47 Å². The van der Waals surface area contributed by atoms with Crippen LogP contribution in [0.1, 0.15) is 6.92 Å². The van der Waals surface area contributed by atoms with Gasteiger partial charge in [0.2, 0.25) is 5.88 Å². The lowest BCUT2D eigenvalue weighted by molar-refractivity contribution is 0.340. The minimum Gasteiger partial charge on any atom is -0.494 e. The molecule has 1 aromatic heterocycles. The fraction of sp³-hybridized carbons (Fsp3) is 0.214. The minimum absolute atomic E-state index is 0.615. The van der Waals surface area contributed by atoms with Crippen LogP contribution in [-0.4, -0.2) is 18.7 Å². The van der Waals surface area contributed by atoms with Crippen LogP contribution in [0.2, 0.25) is 0 Å². The van der Waals surface area contributed by atoms with Gasteiger partial charge in [-0.1, -0.05) is 18.2 Å². The molecule has 0 radical (unpaired) electrons. The van der Waals surface area contributed by atoms with E-state index in [9.17, 15) is 0 Å². The van der Waals surface area contributed by atoms with Crippen LogP contribution in [0.25, 0.3) is 11.3 Å². The van der Waals surface area contributed by atoms with Gasteiger partial charge in [-0.15, -0.1) is 0 Å². The first kappa shape index (κ1) is 11.5. The van der Waals surface area contributed by atoms with Gasteiger partial charge in [-0.25, -0.2) is 4.98 Å². The average Bonchev–Trinajstić information content (AvgIpc) is 2.40. The molecule has 2 aromatic rings. The van der Waals surface area contributed by atoms with Crippen LogP contribution in [0, 0.1) is 0 Å². The second-order valence-corrected chi connectivity index (χ2v) is 3.53. The molecular formula is C14H15NO2. The molecule has 17 heavy (non-hydrogen) atoms. The molecule has 0 aliphatic heterocycles. The number of aromatic nitrogens is 1. The van der Waals surface area contributed by atoms with E-state index < -0.39 is 0 Å². The summed E-state index contributed by atoms with van der Waals surface area (Å²) in [4.78, 5) is 4.38. The zero-order valence-corrected chi connectivity index (χ0v) is 10.0. The topological polar surface area (TPSA) is 31.4 Å². The molecule has 0 fully saturated rings. The summed E-state index contributed by atoms with van der Waals surface area (Å²) < 4.78 is 10.6. The van der Waals surface area contributed by atoms with Crippen molar-refractivity contribution in [1.82, 2.24) is 4.98 Å². The number of benzene rings is 1. The minimum atomic E-state index is 0.615. The molecule has 0 saturated carbocycles. The first-order chi connectivity index (χ1) is 8.33. The standard InChI is InChI=1S/C14H15NO2/c1-3-17-12-7-4-6-11(10-12)13-8-5-9-14(15-13)16-2/h4-10H,3H2,1-2H3. The third-order valence-corrected chi connectivity index (χ3v) is 2.37. The van der Waals surface area contributed by atoms with Crippen LogP contribution < -0.4 is 9.47 Å². The molecule has 0 saturated heterocycles. The summed E-state index contributed by atoms with van der Waals surface area (Å²) in [5.74, 6) is 1.47. The Morgan fingerprint density at radius 3 is 2.71 bits per heavy atom. The van der Waals surface area contributed by atoms with Crippen molar-refractivity contribution in [3.8, 4) is 22.9 Å². The van der Waals surface area contributed by atoms with Crippen molar-refractivity contribution >= 4 is 0 Å². The SMILES string of the molecule is CCOc1cccc(-c2cccc(OC)n2)c1. The van der Waals surface area contributed by atoms with Gasteiger partial charge in [0.25, 0.3) is 0 Å². The Balaban J connectivity index is 2.34. The molecule has 88 valence electrons. The summed E-state index contributed by atoms with van der Waals surface area (Å²) in [7, 11) is 1.61.